The molecule has 4 fully saturated rings. The number of nitrogens with zero attached hydrogens (tertiary/aromatic N) is 2. The molecule has 3 aromatic carbocycles. The van der Waals surface area contributed by atoms with Crippen LogP contribution in [0, 0.1) is 0 Å². The summed E-state index contributed by atoms with van der Waals surface area (Å²) in [5.41, 5.74) is 2.64. The molecule has 0 unspecified atom stereocenters. The Kier molecular flexibility index (Phi) is 3.88. The van der Waals surface area contributed by atoms with Gasteiger partial charge in [-0.3, -0.25) is 9.80 Å². The van der Waals surface area contributed by atoms with E-state index in [1.165, 1.54) is 11.1 Å². The van der Waals surface area contributed by atoms with Gasteiger partial charge in [-0.05, 0) is 17.2 Å². The summed E-state index contributed by atoms with van der Waals surface area (Å²) in [5, 5.41) is 22.6. The predicted octanol–water partition coefficient (Wildman–Crippen LogP) is 3.27. The number of aromatic hydroxyl groups is 1. The van der Waals surface area contributed by atoms with Gasteiger partial charge in [0, 0.05) is 42.6 Å². The fourth-order valence-electron chi connectivity index (χ4n) is 6.43. The van der Waals surface area contributed by atoms with E-state index in [0.717, 1.165) is 31.7 Å². The van der Waals surface area contributed by atoms with Crippen molar-refractivity contribution in [1.82, 2.24) is 9.80 Å². The molecule has 0 atom stereocenters. The first-order valence-electron chi connectivity index (χ1n) is 10.7. The van der Waals surface area contributed by atoms with Gasteiger partial charge in [-0.1, -0.05) is 78.9 Å². The Morgan fingerprint density at radius 1 is 0.633 bits per heavy atom. The Bertz CT molecular complexity index is 993. The van der Waals surface area contributed by atoms with Crippen LogP contribution >= 0.6 is 0 Å². The second-order valence-corrected chi connectivity index (χ2v) is 9.19. The van der Waals surface area contributed by atoms with Gasteiger partial charge < -0.3 is 10.2 Å². The zero-order valence-corrected chi connectivity index (χ0v) is 16.9. The van der Waals surface area contributed by atoms with Gasteiger partial charge in [0.25, 0.3) is 0 Å². The number of piperidine rings is 2. The molecular weight excluding hydrogens is 372 g/mol. The van der Waals surface area contributed by atoms with Gasteiger partial charge in [0.1, 0.15) is 5.75 Å². The van der Waals surface area contributed by atoms with E-state index in [1.807, 2.05) is 30.3 Å². The van der Waals surface area contributed by atoms with Gasteiger partial charge in [-0.25, -0.2) is 0 Å². The van der Waals surface area contributed by atoms with Crippen LogP contribution in [-0.2, 0) is 10.8 Å². The molecule has 0 aromatic heterocycles. The molecule has 4 saturated heterocycles. The number of para-hydroxylation sites is 1. The number of benzene rings is 3. The van der Waals surface area contributed by atoms with E-state index in [-0.39, 0.29) is 17.0 Å². The largest absolute Gasteiger partial charge is 0.508 e. The Labute approximate surface area is 177 Å². The van der Waals surface area contributed by atoms with Crippen LogP contribution in [0.2, 0.25) is 0 Å². The molecule has 4 heterocycles. The minimum atomic E-state index is -0.465. The first-order chi connectivity index (χ1) is 14.6. The summed E-state index contributed by atoms with van der Waals surface area (Å²) >= 11 is 0. The summed E-state index contributed by atoms with van der Waals surface area (Å²) < 4.78 is 0. The van der Waals surface area contributed by atoms with Crippen LogP contribution in [0.25, 0.3) is 0 Å². The van der Waals surface area contributed by atoms with Crippen molar-refractivity contribution in [2.45, 2.75) is 23.1 Å². The number of phenolic OH excluding ortho intramolecular Hbond substituents is 1. The second-order valence-electron chi connectivity index (χ2n) is 9.19. The molecule has 0 aliphatic carbocycles. The SMILES string of the molecule is Oc1ccccc1C1N2CC3(c4ccccc4)CN1CC(c1ccccc1)(C2)C3O. The molecule has 4 nitrogen and oxygen atoms in total. The summed E-state index contributed by atoms with van der Waals surface area (Å²) in [7, 11) is 0. The fourth-order valence-corrected chi connectivity index (χ4v) is 6.43. The molecule has 2 N–H and O–H groups in total. The van der Waals surface area contributed by atoms with Crippen LogP contribution in [0.5, 0.6) is 5.75 Å². The van der Waals surface area contributed by atoms with E-state index >= 15 is 0 Å². The summed E-state index contributed by atoms with van der Waals surface area (Å²) in [4.78, 5) is 4.93. The summed E-state index contributed by atoms with van der Waals surface area (Å²) in [6, 6.07) is 28.7. The Hall–Kier alpha value is -2.66. The molecule has 30 heavy (non-hydrogen) atoms. The van der Waals surface area contributed by atoms with Crippen molar-refractivity contribution >= 4 is 0 Å². The Morgan fingerprint density at radius 3 is 1.53 bits per heavy atom. The highest BCUT2D eigenvalue weighted by atomic mass is 16.3. The first kappa shape index (κ1) is 18.1. The van der Waals surface area contributed by atoms with Crippen LogP contribution in [0.3, 0.4) is 0 Å². The van der Waals surface area contributed by atoms with Gasteiger partial charge in [0.2, 0.25) is 0 Å². The third kappa shape index (κ3) is 2.33. The van der Waals surface area contributed by atoms with E-state index in [4.69, 9.17) is 0 Å². The number of rotatable bonds is 3. The van der Waals surface area contributed by atoms with Crippen molar-refractivity contribution in [3.8, 4) is 5.75 Å². The van der Waals surface area contributed by atoms with Gasteiger partial charge in [0.15, 0.2) is 0 Å². The predicted molar refractivity (Wildman–Crippen MR) is 116 cm³/mol. The summed E-state index contributed by atoms with van der Waals surface area (Å²) in [6.45, 7) is 3.12. The number of phenols is 1. The van der Waals surface area contributed by atoms with E-state index in [9.17, 15) is 10.2 Å². The van der Waals surface area contributed by atoms with E-state index < -0.39 is 6.10 Å². The molecule has 4 heteroatoms. The maximum atomic E-state index is 11.9. The van der Waals surface area contributed by atoms with Crippen molar-refractivity contribution in [2.24, 2.45) is 0 Å². The van der Waals surface area contributed by atoms with E-state index in [0.29, 0.717) is 5.75 Å². The Balaban J connectivity index is 1.53. The lowest BCUT2D eigenvalue weighted by atomic mass is 9.54. The van der Waals surface area contributed by atoms with Crippen LogP contribution in [-0.4, -0.2) is 52.3 Å². The van der Waals surface area contributed by atoms with Gasteiger partial charge >= 0.3 is 0 Å². The van der Waals surface area contributed by atoms with Crippen LogP contribution in [0.15, 0.2) is 84.9 Å². The molecule has 3 aromatic rings. The average Bonchev–Trinajstić information content (AvgIpc) is 2.78. The lowest BCUT2D eigenvalue weighted by molar-refractivity contribution is -0.209. The maximum absolute atomic E-state index is 11.9. The summed E-state index contributed by atoms with van der Waals surface area (Å²) in [5.74, 6) is 0.345. The minimum Gasteiger partial charge on any atom is -0.508 e. The zero-order valence-electron chi connectivity index (χ0n) is 16.9. The normalized spacial score (nSPS) is 36.7. The lowest BCUT2D eigenvalue weighted by Gasteiger charge is -2.69. The maximum Gasteiger partial charge on any atom is 0.121 e. The monoisotopic (exact) mass is 398 g/mol. The summed E-state index contributed by atoms with van der Waals surface area (Å²) in [6.07, 6.45) is -0.431. The molecule has 4 aliphatic rings. The molecule has 4 bridgehead atoms. The van der Waals surface area contributed by atoms with Crippen molar-refractivity contribution in [3.05, 3.63) is 102 Å². The third-order valence-corrected chi connectivity index (χ3v) is 7.59. The topological polar surface area (TPSA) is 46.9 Å². The van der Waals surface area contributed by atoms with E-state index in [2.05, 4.69) is 58.3 Å². The molecule has 0 radical (unpaired) electrons. The van der Waals surface area contributed by atoms with Crippen LogP contribution in [0.1, 0.15) is 22.9 Å². The average molecular weight is 399 g/mol. The minimum absolute atomic E-state index is 0.0346. The number of aliphatic hydroxyl groups excluding tert-OH is 1. The van der Waals surface area contributed by atoms with Crippen molar-refractivity contribution < 1.29 is 10.2 Å². The third-order valence-electron chi connectivity index (χ3n) is 7.59. The molecule has 0 amide bonds. The van der Waals surface area contributed by atoms with Crippen LogP contribution in [0.4, 0.5) is 0 Å². The standard InChI is InChI=1S/C26H26N2O2/c29-22-14-8-7-13-21(22)23-27-15-25(19-9-3-1-4-10-19)16-28(23)18-26(17-27,24(25)30)20-11-5-2-6-12-20/h1-14,23-24,29-30H,15-18H2. The first-order valence-corrected chi connectivity index (χ1v) is 10.7. The number of hydrogen-bond donors (Lipinski definition) is 2. The molecule has 7 rings (SSSR count). The number of aliphatic hydroxyl groups is 1. The van der Waals surface area contributed by atoms with Crippen molar-refractivity contribution in [3.63, 3.8) is 0 Å². The molecule has 0 saturated carbocycles. The molecule has 0 spiro atoms. The zero-order chi connectivity index (χ0) is 20.3. The number of hydrogen-bond acceptors (Lipinski definition) is 4. The van der Waals surface area contributed by atoms with Gasteiger partial charge in [0.05, 0.1) is 12.3 Å². The lowest BCUT2D eigenvalue weighted by Crippen LogP contribution is -2.81. The van der Waals surface area contributed by atoms with Gasteiger partial charge in [-0.2, -0.15) is 0 Å². The van der Waals surface area contributed by atoms with Crippen molar-refractivity contribution in [1.29, 1.82) is 0 Å². The Morgan fingerprint density at radius 2 is 1.07 bits per heavy atom. The van der Waals surface area contributed by atoms with Gasteiger partial charge in [-0.15, -0.1) is 0 Å². The fraction of sp³-hybridized carbons (Fsp3) is 0.308. The van der Waals surface area contributed by atoms with E-state index in [1.54, 1.807) is 6.07 Å². The molecular formula is C26H26N2O2. The highest BCUT2D eigenvalue weighted by Gasteiger charge is 2.66. The molecule has 4 aliphatic heterocycles. The molecule has 152 valence electrons. The quantitative estimate of drug-likeness (QED) is 0.711. The smallest absolute Gasteiger partial charge is 0.121 e. The highest BCUT2D eigenvalue weighted by molar-refractivity contribution is 5.44. The van der Waals surface area contributed by atoms with Crippen molar-refractivity contribution in [2.75, 3.05) is 26.2 Å². The highest BCUT2D eigenvalue weighted by Crippen LogP contribution is 2.56. The second kappa shape index (κ2) is 6.42. The van der Waals surface area contributed by atoms with Crippen LogP contribution < -0.4 is 0 Å².